The maximum Gasteiger partial charge on any atom is 0.331 e. The number of aliphatic hydroxyl groups excluding tert-OH is 2. The molecule has 0 aliphatic heterocycles. The Morgan fingerprint density at radius 1 is 0.889 bits per heavy atom. The van der Waals surface area contributed by atoms with E-state index in [1.807, 2.05) is 0 Å². The van der Waals surface area contributed by atoms with Crippen LogP contribution in [0.4, 0.5) is 0 Å². The molecule has 5 aliphatic carbocycles. The molecule has 1 aromatic rings. The van der Waals surface area contributed by atoms with Crippen molar-refractivity contribution in [1.29, 1.82) is 0 Å². The number of phenolic OH excluding ortho intramolecular Hbond substituents is 2. The van der Waals surface area contributed by atoms with E-state index >= 15 is 0 Å². The van der Waals surface area contributed by atoms with Crippen molar-refractivity contribution in [3.05, 3.63) is 42.0 Å². The van der Waals surface area contributed by atoms with Crippen LogP contribution in [0.5, 0.6) is 11.5 Å². The minimum atomic E-state index is -0.540. The molecule has 0 heterocycles. The van der Waals surface area contributed by atoms with Gasteiger partial charge in [-0.25, -0.2) is 4.79 Å². The van der Waals surface area contributed by atoms with Crippen LogP contribution >= 0.6 is 0 Å². The van der Waals surface area contributed by atoms with Gasteiger partial charge in [-0.15, -0.1) is 0 Å². The highest BCUT2D eigenvalue weighted by Gasteiger charge is 2.71. The standard InChI is InChI=1S/C39H56O6/c1-24(2)26-13-18-39(23-41)20-19-37(5)27(34(26)39)9-11-31-35(3)16-15-32(36(4,22-40)30(35)14-17-38(31,37)6)45-33(44)12-8-25-7-10-28(42)29(43)21-25/h7-8,10,12,21,26-27,30-32,34,40-43H,1,9,11,13-20,22-23H2,2-6H3. The first-order valence-electron chi connectivity index (χ1n) is 17.5. The summed E-state index contributed by atoms with van der Waals surface area (Å²) in [5, 5.41) is 41.2. The van der Waals surface area contributed by atoms with Gasteiger partial charge in [-0.1, -0.05) is 45.9 Å². The number of ether oxygens (including phenoxy) is 1. The molecule has 4 N–H and O–H groups in total. The van der Waals surface area contributed by atoms with Crippen LogP contribution in [0.15, 0.2) is 36.4 Å². The molecule has 11 atom stereocenters. The first-order valence-corrected chi connectivity index (χ1v) is 17.5. The van der Waals surface area contributed by atoms with Crippen molar-refractivity contribution in [2.45, 2.75) is 105 Å². The number of esters is 1. The lowest BCUT2D eigenvalue weighted by atomic mass is 9.32. The SMILES string of the molecule is C=C(C)C1CCC2(CO)CCC3(C)C(CCC4C5(C)CCC(OC(=O)C=Cc6ccc(O)c(O)c6)C(C)(CO)C5CCC43C)C12. The van der Waals surface area contributed by atoms with Crippen LogP contribution in [0.3, 0.4) is 0 Å². The Hall–Kier alpha value is -2.31. The Kier molecular flexibility index (Phi) is 8.08. The summed E-state index contributed by atoms with van der Waals surface area (Å²) in [6.07, 6.45) is 13.3. The number of aliphatic hydroxyl groups is 2. The predicted octanol–water partition coefficient (Wildman–Crippen LogP) is 7.65. The summed E-state index contributed by atoms with van der Waals surface area (Å²) in [4.78, 5) is 13.0. The van der Waals surface area contributed by atoms with Gasteiger partial charge in [0, 0.05) is 18.1 Å². The molecule has 11 unspecified atom stereocenters. The second-order valence-electron chi connectivity index (χ2n) is 16.9. The van der Waals surface area contributed by atoms with Crippen molar-refractivity contribution >= 4 is 12.0 Å². The van der Waals surface area contributed by atoms with Crippen LogP contribution in [0.2, 0.25) is 0 Å². The van der Waals surface area contributed by atoms with Gasteiger partial charge < -0.3 is 25.2 Å². The first kappa shape index (κ1) is 32.6. The fourth-order valence-electron chi connectivity index (χ4n) is 12.7. The lowest BCUT2D eigenvalue weighted by Crippen LogP contribution is -2.67. The van der Waals surface area contributed by atoms with Gasteiger partial charge in [0.15, 0.2) is 11.5 Å². The van der Waals surface area contributed by atoms with Crippen LogP contribution < -0.4 is 0 Å². The molecule has 248 valence electrons. The van der Waals surface area contributed by atoms with E-state index in [0.717, 1.165) is 44.9 Å². The third-order valence-electron chi connectivity index (χ3n) is 15.3. The monoisotopic (exact) mass is 620 g/mol. The van der Waals surface area contributed by atoms with Crippen LogP contribution in [0.1, 0.15) is 104 Å². The van der Waals surface area contributed by atoms with E-state index in [2.05, 4.69) is 41.2 Å². The number of carbonyl (C=O) groups is 1. The molecular weight excluding hydrogens is 564 g/mol. The maximum absolute atomic E-state index is 13.0. The lowest BCUT2D eigenvalue weighted by molar-refractivity contribution is -0.257. The molecule has 5 fully saturated rings. The highest BCUT2D eigenvalue weighted by atomic mass is 16.5. The molecule has 0 amide bonds. The highest BCUT2D eigenvalue weighted by Crippen LogP contribution is 2.77. The highest BCUT2D eigenvalue weighted by molar-refractivity contribution is 5.87. The van der Waals surface area contributed by atoms with E-state index in [-0.39, 0.29) is 51.8 Å². The molecule has 6 nitrogen and oxygen atoms in total. The van der Waals surface area contributed by atoms with Crippen LogP contribution in [0, 0.1) is 56.7 Å². The topological polar surface area (TPSA) is 107 Å². The van der Waals surface area contributed by atoms with Crippen LogP contribution in [0.25, 0.3) is 6.08 Å². The Balaban J connectivity index is 1.25. The second kappa shape index (κ2) is 11.1. The predicted molar refractivity (Wildman–Crippen MR) is 176 cm³/mol. The Bertz CT molecular complexity index is 1370. The Labute approximate surface area is 270 Å². The van der Waals surface area contributed by atoms with Crippen LogP contribution in [-0.2, 0) is 9.53 Å². The summed E-state index contributed by atoms with van der Waals surface area (Å²) < 4.78 is 6.11. The molecule has 0 radical (unpaired) electrons. The summed E-state index contributed by atoms with van der Waals surface area (Å²) in [6, 6.07) is 4.41. The van der Waals surface area contributed by atoms with Gasteiger partial charge in [-0.3, -0.25) is 0 Å². The van der Waals surface area contributed by atoms with Crippen LogP contribution in [-0.4, -0.2) is 45.7 Å². The summed E-state index contributed by atoms with van der Waals surface area (Å²) in [5.74, 6) is 1.48. The summed E-state index contributed by atoms with van der Waals surface area (Å²) in [7, 11) is 0. The zero-order chi connectivity index (χ0) is 32.6. The van der Waals surface area contributed by atoms with Gasteiger partial charge in [0.25, 0.3) is 0 Å². The number of phenols is 2. The molecule has 6 heteroatoms. The average Bonchev–Trinajstić information content (AvgIpc) is 3.40. The fraction of sp³-hybridized carbons (Fsp3) is 0.718. The molecule has 1 aromatic carbocycles. The minimum absolute atomic E-state index is 0.0224. The zero-order valence-corrected chi connectivity index (χ0v) is 28.1. The third kappa shape index (κ3) is 4.66. The van der Waals surface area contributed by atoms with Crippen molar-refractivity contribution in [2.24, 2.45) is 56.7 Å². The van der Waals surface area contributed by atoms with E-state index in [4.69, 9.17) is 4.74 Å². The van der Waals surface area contributed by atoms with E-state index in [1.54, 1.807) is 12.1 Å². The maximum atomic E-state index is 13.0. The van der Waals surface area contributed by atoms with E-state index < -0.39 is 11.4 Å². The van der Waals surface area contributed by atoms with Crippen molar-refractivity contribution in [2.75, 3.05) is 13.2 Å². The van der Waals surface area contributed by atoms with Crippen molar-refractivity contribution in [3.8, 4) is 11.5 Å². The smallest absolute Gasteiger partial charge is 0.331 e. The number of rotatable bonds is 6. The molecule has 0 saturated heterocycles. The Morgan fingerprint density at radius 3 is 2.31 bits per heavy atom. The average molecular weight is 621 g/mol. The number of aromatic hydroxyl groups is 2. The molecular formula is C39H56O6. The normalized spacial score (nSPS) is 45.7. The van der Waals surface area contributed by atoms with E-state index in [0.29, 0.717) is 35.8 Å². The fourth-order valence-corrected chi connectivity index (χ4v) is 12.7. The molecule has 5 saturated carbocycles. The number of hydrogen-bond acceptors (Lipinski definition) is 6. The molecule has 0 bridgehead atoms. The molecule has 0 spiro atoms. The first-order chi connectivity index (χ1) is 21.2. The quantitative estimate of drug-likeness (QED) is 0.113. The summed E-state index contributed by atoms with van der Waals surface area (Å²) >= 11 is 0. The molecule has 6 rings (SSSR count). The summed E-state index contributed by atoms with van der Waals surface area (Å²) in [5.41, 5.74) is 1.79. The number of carbonyl (C=O) groups excluding carboxylic acids is 1. The van der Waals surface area contributed by atoms with Gasteiger partial charge >= 0.3 is 5.97 Å². The zero-order valence-electron chi connectivity index (χ0n) is 28.1. The number of hydrogen-bond donors (Lipinski definition) is 4. The van der Waals surface area contributed by atoms with E-state index in [1.165, 1.54) is 43.0 Å². The number of allylic oxidation sites excluding steroid dienone is 1. The van der Waals surface area contributed by atoms with Gasteiger partial charge in [-0.05, 0) is 146 Å². The minimum Gasteiger partial charge on any atom is -0.504 e. The largest absolute Gasteiger partial charge is 0.504 e. The van der Waals surface area contributed by atoms with Gasteiger partial charge in [0.05, 0.1) is 6.61 Å². The van der Waals surface area contributed by atoms with Gasteiger partial charge in [-0.2, -0.15) is 0 Å². The summed E-state index contributed by atoms with van der Waals surface area (Å²) in [6.45, 7) is 16.7. The van der Waals surface area contributed by atoms with Crippen molar-refractivity contribution < 1.29 is 30.0 Å². The third-order valence-corrected chi connectivity index (χ3v) is 15.3. The number of fused-ring (bicyclic) bond motifs is 7. The lowest BCUT2D eigenvalue weighted by Gasteiger charge is -2.73. The van der Waals surface area contributed by atoms with Crippen molar-refractivity contribution in [1.82, 2.24) is 0 Å². The number of benzene rings is 1. The van der Waals surface area contributed by atoms with Gasteiger partial charge in [0.1, 0.15) is 6.10 Å². The molecule has 0 aromatic heterocycles. The second-order valence-corrected chi connectivity index (χ2v) is 16.9. The molecule has 5 aliphatic rings. The van der Waals surface area contributed by atoms with E-state index in [9.17, 15) is 25.2 Å². The van der Waals surface area contributed by atoms with Crippen molar-refractivity contribution in [3.63, 3.8) is 0 Å². The molecule has 45 heavy (non-hydrogen) atoms. The Morgan fingerprint density at radius 2 is 1.64 bits per heavy atom. The van der Waals surface area contributed by atoms with Gasteiger partial charge in [0.2, 0.25) is 0 Å².